The third-order valence-corrected chi connectivity index (χ3v) is 5.57. The van der Waals surface area contributed by atoms with Crippen LogP contribution in [-0.4, -0.2) is 27.1 Å². The third kappa shape index (κ3) is 4.26. The van der Waals surface area contributed by atoms with Gasteiger partial charge in [0.15, 0.2) is 5.65 Å². The Labute approximate surface area is 197 Å². The van der Waals surface area contributed by atoms with Gasteiger partial charge in [-0.1, -0.05) is 78.9 Å². The summed E-state index contributed by atoms with van der Waals surface area (Å²) in [6.45, 7) is 2.85. The molecule has 3 aromatic carbocycles. The van der Waals surface area contributed by atoms with Gasteiger partial charge in [0.2, 0.25) is 0 Å². The van der Waals surface area contributed by atoms with E-state index in [2.05, 4.69) is 10.4 Å². The minimum absolute atomic E-state index is 0.238. The maximum Gasteiger partial charge on any atom is 0.257 e. The van der Waals surface area contributed by atoms with Crippen LogP contribution in [0.15, 0.2) is 97.2 Å². The summed E-state index contributed by atoms with van der Waals surface area (Å²) in [5, 5.41) is 7.52. The summed E-state index contributed by atoms with van der Waals surface area (Å²) in [5.41, 5.74) is 5.46. The van der Waals surface area contributed by atoms with Crippen LogP contribution in [0.3, 0.4) is 0 Å². The van der Waals surface area contributed by atoms with E-state index in [0.717, 1.165) is 33.8 Å². The average Bonchev–Trinajstić information content (AvgIpc) is 3.33. The molecule has 2 aromatic heterocycles. The number of para-hydroxylation sites is 1. The number of carbonyl (C=O) groups is 1. The molecule has 0 spiro atoms. The van der Waals surface area contributed by atoms with E-state index in [4.69, 9.17) is 9.72 Å². The van der Waals surface area contributed by atoms with E-state index in [-0.39, 0.29) is 5.91 Å². The first-order chi connectivity index (χ1) is 16.7. The van der Waals surface area contributed by atoms with E-state index >= 15 is 0 Å². The number of carbonyl (C=O) groups excluding carboxylic acids is 1. The van der Waals surface area contributed by atoms with Gasteiger partial charge in [-0.2, -0.15) is 5.10 Å². The molecule has 1 amide bonds. The number of ether oxygens (including phenoxy) is 1. The summed E-state index contributed by atoms with van der Waals surface area (Å²) in [4.78, 5) is 18.0. The SMILES string of the molecule is CCOc1ccccc1CNC(=O)c1cnn2c(-c3ccccc3)cc(-c3ccccc3)nc12. The van der Waals surface area contributed by atoms with Crippen LogP contribution < -0.4 is 10.1 Å². The molecule has 0 saturated heterocycles. The van der Waals surface area contributed by atoms with Gasteiger partial charge in [-0.05, 0) is 19.1 Å². The van der Waals surface area contributed by atoms with Crippen molar-refractivity contribution in [3.8, 4) is 28.3 Å². The summed E-state index contributed by atoms with van der Waals surface area (Å²) >= 11 is 0. The van der Waals surface area contributed by atoms with Gasteiger partial charge in [-0.25, -0.2) is 9.50 Å². The maximum absolute atomic E-state index is 13.2. The maximum atomic E-state index is 13.2. The highest BCUT2D eigenvalue weighted by molar-refractivity contribution is 6.00. The molecule has 1 N–H and O–H groups in total. The molecule has 2 heterocycles. The van der Waals surface area contributed by atoms with Gasteiger partial charge in [0.05, 0.1) is 24.2 Å². The molecule has 0 bridgehead atoms. The molecule has 0 unspecified atom stereocenters. The zero-order valence-corrected chi connectivity index (χ0v) is 18.8. The first kappa shape index (κ1) is 21.4. The fourth-order valence-electron chi connectivity index (χ4n) is 3.91. The van der Waals surface area contributed by atoms with Crippen molar-refractivity contribution >= 4 is 11.6 Å². The van der Waals surface area contributed by atoms with Crippen molar-refractivity contribution in [1.29, 1.82) is 0 Å². The van der Waals surface area contributed by atoms with Crippen LogP contribution >= 0.6 is 0 Å². The lowest BCUT2D eigenvalue weighted by Gasteiger charge is -2.11. The highest BCUT2D eigenvalue weighted by atomic mass is 16.5. The van der Waals surface area contributed by atoms with Crippen LogP contribution in [0, 0.1) is 0 Å². The molecular weight excluding hydrogens is 424 g/mol. The molecule has 5 rings (SSSR count). The van der Waals surface area contributed by atoms with Crippen molar-refractivity contribution < 1.29 is 9.53 Å². The van der Waals surface area contributed by atoms with E-state index in [1.807, 2.05) is 97.9 Å². The lowest BCUT2D eigenvalue weighted by molar-refractivity contribution is 0.0952. The van der Waals surface area contributed by atoms with E-state index in [0.29, 0.717) is 24.4 Å². The molecule has 0 saturated carbocycles. The van der Waals surface area contributed by atoms with Crippen molar-refractivity contribution in [1.82, 2.24) is 19.9 Å². The molecule has 168 valence electrons. The molecule has 6 nitrogen and oxygen atoms in total. The normalized spacial score (nSPS) is 10.9. The Bertz CT molecular complexity index is 1430. The van der Waals surface area contributed by atoms with Crippen LogP contribution in [0.1, 0.15) is 22.8 Å². The highest BCUT2D eigenvalue weighted by Gasteiger charge is 2.19. The highest BCUT2D eigenvalue weighted by Crippen LogP contribution is 2.27. The van der Waals surface area contributed by atoms with Gasteiger partial charge in [0.25, 0.3) is 5.91 Å². The Morgan fingerprint density at radius 1 is 0.912 bits per heavy atom. The molecule has 5 aromatic rings. The predicted octanol–water partition coefficient (Wildman–Crippen LogP) is 5.39. The van der Waals surface area contributed by atoms with Gasteiger partial charge >= 0.3 is 0 Å². The summed E-state index contributed by atoms with van der Waals surface area (Å²) in [6, 6.07) is 29.6. The molecule has 0 fully saturated rings. The average molecular weight is 449 g/mol. The van der Waals surface area contributed by atoms with E-state index in [1.165, 1.54) is 0 Å². The molecule has 0 atom stereocenters. The smallest absolute Gasteiger partial charge is 0.257 e. The van der Waals surface area contributed by atoms with Crippen molar-refractivity contribution in [2.24, 2.45) is 0 Å². The molecule has 6 heteroatoms. The van der Waals surface area contributed by atoms with Crippen LogP contribution in [-0.2, 0) is 6.54 Å². The summed E-state index contributed by atoms with van der Waals surface area (Å²) in [6.07, 6.45) is 1.58. The predicted molar refractivity (Wildman–Crippen MR) is 133 cm³/mol. The van der Waals surface area contributed by atoms with Crippen LogP contribution in [0.25, 0.3) is 28.2 Å². The number of fused-ring (bicyclic) bond motifs is 1. The fourth-order valence-corrected chi connectivity index (χ4v) is 3.91. The van der Waals surface area contributed by atoms with Gasteiger partial charge in [-0.3, -0.25) is 4.79 Å². The number of amides is 1. The second-order valence-corrected chi connectivity index (χ2v) is 7.78. The lowest BCUT2D eigenvalue weighted by atomic mass is 10.1. The Morgan fingerprint density at radius 3 is 2.32 bits per heavy atom. The zero-order chi connectivity index (χ0) is 23.3. The number of rotatable bonds is 7. The van der Waals surface area contributed by atoms with E-state index < -0.39 is 0 Å². The number of nitrogens with one attached hydrogen (secondary N) is 1. The third-order valence-electron chi connectivity index (χ3n) is 5.57. The van der Waals surface area contributed by atoms with Crippen LogP contribution in [0.4, 0.5) is 0 Å². The lowest BCUT2D eigenvalue weighted by Crippen LogP contribution is -2.23. The topological polar surface area (TPSA) is 68.5 Å². The number of aromatic nitrogens is 3. The van der Waals surface area contributed by atoms with Crippen LogP contribution in [0.5, 0.6) is 5.75 Å². The van der Waals surface area contributed by atoms with Crippen molar-refractivity contribution in [3.05, 3.63) is 108 Å². The van der Waals surface area contributed by atoms with Gasteiger partial charge in [0.1, 0.15) is 11.3 Å². The van der Waals surface area contributed by atoms with Gasteiger partial charge in [0, 0.05) is 23.2 Å². The molecule has 0 aliphatic heterocycles. The largest absolute Gasteiger partial charge is 0.494 e. The second kappa shape index (κ2) is 9.58. The first-order valence-electron chi connectivity index (χ1n) is 11.2. The van der Waals surface area contributed by atoms with Gasteiger partial charge < -0.3 is 10.1 Å². The second-order valence-electron chi connectivity index (χ2n) is 7.78. The first-order valence-corrected chi connectivity index (χ1v) is 11.2. The Balaban J connectivity index is 1.54. The number of benzene rings is 3. The summed E-state index contributed by atoms with van der Waals surface area (Å²) < 4.78 is 7.41. The van der Waals surface area contributed by atoms with Gasteiger partial charge in [-0.15, -0.1) is 0 Å². The van der Waals surface area contributed by atoms with E-state index in [9.17, 15) is 4.79 Å². The minimum atomic E-state index is -0.238. The molecule has 0 aliphatic carbocycles. The van der Waals surface area contributed by atoms with E-state index in [1.54, 1.807) is 10.7 Å². The zero-order valence-electron chi connectivity index (χ0n) is 18.8. The Morgan fingerprint density at radius 2 is 1.59 bits per heavy atom. The Kier molecular flexibility index (Phi) is 6.03. The number of hydrogen-bond donors (Lipinski definition) is 1. The Hall–Kier alpha value is -4.45. The molecular formula is C28H24N4O2. The quantitative estimate of drug-likeness (QED) is 0.362. The summed E-state index contributed by atoms with van der Waals surface area (Å²) in [7, 11) is 0. The number of hydrogen-bond acceptors (Lipinski definition) is 4. The minimum Gasteiger partial charge on any atom is -0.494 e. The molecule has 0 radical (unpaired) electrons. The molecule has 0 aliphatic rings. The van der Waals surface area contributed by atoms with Crippen molar-refractivity contribution in [2.45, 2.75) is 13.5 Å². The fraction of sp³-hybridized carbons (Fsp3) is 0.107. The number of nitrogens with zero attached hydrogens (tertiary/aromatic N) is 3. The van der Waals surface area contributed by atoms with Crippen molar-refractivity contribution in [2.75, 3.05) is 6.61 Å². The monoisotopic (exact) mass is 448 g/mol. The van der Waals surface area contributed by atoms with Crippen molar-refractivity contribution in [3.63, 3.8) is 0 Å². The molecule has 34 heavy (non-hydrogen) atoms. The van der Waals surface area contributed by atoms with Crippen LogP contribution in [0.2, 0.25) is 0 Å². The standard InChI is InChI=1S/C28H24N4O2/c1-2-34-26-16-10-9-15-22(26)18-29-28(33)23-19-30-32-25(21-13-7-4-8-14-21)17-24(31-27(23)32)20-11-5-3-6-12-20/h3-17,19H,2,18H2,1H3,(H,29,33). The summed E-state index contributed by atoms with van der Waals surface area (Å²) in [5.74, 6) is 0.527.